The third-order valence-electron chi connectivity index (χ3n) is 4.33. The zero-order chi connectivity index (χ0) is 15.1. The molecule has 1 aliphatic heterocycles. The van der Waals surface area contributed by atoms with Gasteiger partial charge in [0.05, 0.1) is 23.2 Å². The highest BCUT2D eigenvalue weighted by Crippen LogP contribution is 2.31. The summed E-state index contributed by atoms with van der Waals surface area (Å²) in [5.41, 5.74) is 1.41. The number of benzene rings is 1. The molecule has 1 aromatic carbocycles. The average molecular weight is 292 g/mol. The smallest absolute Gasteiger partial charge is 0.225 e. The highest BCUT2D eigenvalue weighted by Gasteiger charge is 2.39. The third-order valence-corrected chi connectivity index (χ3v) is 4.33. The zero-order valence-corrected chi connectivity index (χ0v) is 12.1. The third kappa shape index (κ3) is 2.27. The average Bonchev–Trinajstić information content (AvgIpc) is 3.30. The Balaban J connectivity index is 1.59. The molecule has 1 atom stereocenters. The van der Waals surface area contributed by atoms with Crippen molar-refractivity contribution in [1.82, 2.24) is 9.88 Å². The molecule has 5 nitrogen and oxygen atoms in total. The van der Waals surface area contributed by atoms with E-state index in [2.05, 4.69) is 16.4 Å². The molecule has 0 bridgehead atoms. The van der Waals surface area contributed by atoms with E-state index in [0.29, 0.717) is 23.8 Å². The number of carbonyl (C=O) groups is 1. The van der Waals surface area contributed by atoms with Gasteiger partial charge in [0.15, 0.2) is 0 Å². The largest absolute Gasteiger partial charge is 0.365 e. The first-order valence-electron chi connectivity index (χ1n) is 7.60. The first kappa shape index (κ1) is 13.1. The van der Waals surface area contributed by atoms with Crippen molar-refractivity contribution in [2.75, 3.05) is 11.9 Å². The van der Waals surface area contributed by atoms with Gasteiger partial charge in [0.25, 0.3) is 0 Å². The molecule has 1 N–H and O–H groups in total. The number of hydrogen-bond donors (Lipinski definition) is 1. The van der Waals surface area contributed by atoms with Gasteiger partial charge in [-0.1, -0.05) is 18.2 Å². The minimum Gasteiger partial charge on any atom is -0.365 e. The Kier molecular flexibility index (Phi) is 2.97. The van der Waals surface area contributed by atoms with Crippen molar-refractivity contribution in [3.05, 3.63) is 35.9 Å². The van der Waals surface area contributed by atoms with Crippen LogP contribution in [0.2, 0.25) is 0 Å². The fraction of sp³-hybridized carbons (Fsp3) is 0.353. The number of hydrogen-bond acceptors (Lipinski definition) is 4. The van der Waals surface area contributed by atoms with Crippen LogP contribution in [0.5, 0.6) is 0 Å². The van der Waals surface area contributed by atoms with Gasteiger partial charge < -0.3 is 10.2 Å². The number of anilines is 1. The van der Waals surface area contributed by atoms with Gasteiger partial charge in [0.2, 0.25) is 5.91 Å². The van der Waals surface area contributed by atoms with Crippen LogP contribution in [0.1, 0.15) is 24.8 Å². The summed E-state index contributed by atoms with van der Waals surface area (Å²) in [6.07, 6.45) is 2.77. The van der Waals surface area contributed by atoms with Crippen LogP contribution in [-0.4, -0.2) is 34.4 Å². The van der Waals surface area contributed by atoms with Crippen molar-refractivity contribution < 1.29 is 4.79 Å². The Bertz CT molecular complexity index is 791. The lowest BCUT2D eigenvalue weighted by atomic mass is 10.1. The summed E-state index contributed by atoms with van der Waals surface area (Å²) in [4.78, 5) is 18.5. The number of pyridine rings is 1. The van der Waals surface area contributed by atoms with Crippen LogP contribution < -0.4 is 5.32 Å². The number of likely N-dealkylation sites (tertiary alicyclic amines) is 1. The molecule has 1 aromatic heterocycles. The van der Waals surface area contributed by atoms with E-state index >= 15 is 0 Å². The lowest BCUT2D eigenvalue weighted by molar-refractivity contribution is -0.128. The minimum atomic E-state index is 0.0771. The number of fused-ring (bicyclic) bond motifs is 1. The summed E-state index contributed by atoms with van der Waals surface area (Å²) in [7, 11) is 0. The van der Waals surface area contributed by atoms with Crippen molar-refractivity contribution in [3.63, 3.8) is 0 Å². The predicted molar refractivity (Wildman–Crippen MR) is 83.2 cm³/mol. The van der Waals surface area contributed by atoms with Gasteiger partial charge in [0.1, 0.15) is 5.82 Å². The van der Waals surface area contributed by atoms with Crippen LogP contribution in [0.25, 0.3) is 10.9 Å². The SMILES string of the molecule is N#Cc1cc(N[C@@H]2CC(=O)N(C3CC3)C2)nc2ccccc12. The summed E-state index contributed by atoms with van der Waals surface area (Å²) in [5.74, 6) is 0.895. The fourth-order valence-corrected chi connectivity index (χ4v) is 3.12. The molecule has 1 saturated carbocycles. The van der Waals surface area contributed by atoms with Crippen molar-refractivity contribution in [3.8, 4) is 6.07 Å². The predicted octanol–water partition coefficient (Wildman–Crippen LogP) is 2.28. The quantitative estimate of drug-likeness (QED) is 0.942. The number of rotatable bonds is 3. The van der Waals surface area contributed by atoms with Gasteiger partial charge in [-0.25, -0.2) is 4.98 Å². The molecule has 2 aromatic rings. The standard InChI is InChI=1S/C17H16N4O/c18-9-11-7-16(20-15-4-2-1-3-14(11)15)19-12-8-17(22)21(10-12)13-5-6-13/h1-4,7,12-13H,5-6,8,10H2,(H,19,20)/t12-/m1/s1. The molecular formula is C17H16N4O. The number of para-hydroxylation sites is 1. The Morgan fingerprint density at radius 1 is 1.32 bits per heavy atom. The maximum Gasteiger partial charge on any atom is 0.225 e. The molecule has 4 rings (SSSR count). The van der Waals surface area contributed by atoms with Gasteiger partial charge >= 0.3 is 0 Å². The van der Waals surface area contributed by atoms with Crippen molar-refractivity contribution >= 4 is 22.6 Å². The molecule has 110 valence electrons. The van der Waals surface area contributed by atoms with Gasteiger partial charge in [-0.05, 0) is 25.0 Å². The number of nitrogens with zero attached hydrogens (tertiary/aromatic N) is 3. The second-order valence-electron chi connectivity index (χ2n) is 6.01. The molecule has 5 heteroatoms. The summed E-state index contributed by atoms with van der Waals surface area (Å²) in [6, 6.07) is 12.1. The Hall–Kier alpha value is -2.61. The van der Waals surface area contributed by atoms with Crippen LogP contribution in [0.15, 0.2) is 30.3 Å². The molecule has 22 heavy (non-hydrogen) atoms. The van der Waals surface area contributed by atoms with Gasteiger partial charge in [-0.3, -0.25) is 4.79 Å². The molecule has 1 amide bonds. The van der Waals surface area contributed by atoms with E-state index in [0.717, 1.165) is 30.3 Å². The minimum absolute atomic E-state index is 0.0771. The van der Waals surface area contributed by atoms with Gasteiger partial charge in [-0.15, -0.1) is 0 Å². The first-order valence-corrected chi connectivity index (χ1v) is 7.60. The van der Waals surface area contributed by atoms with Crippen LogP contribution in [0.4, 0.5) is 5.82 Å². The summed E-state index contributed by atoms with van der Waals surface area (Å²) < 4.78 is 0. The molecule has 1 saturated heterocycles. The molecule has 2 heterocycles. The van der Waals surface area contributed by atoms with Gasteiger partial charge in [0, 0.05) is 24.4 Å². The van der Waals surface area contributed by atoms with E-state index in [9.17, 15) is 10.1 Å². The van der Waals surface area contributed by atoms with E-state index in [1.54, 1.807) is 6.07 Å². The topological polar surface area (TPSA) is 69.0 Å². The number of nitrogens with one attached hydrogen (secondary N) is 1. The monoisotopic (exact) mass is 292 g/mol. The van der Waals surface area contributed by atoms with Crippen molar-refractivity contribution in [1.29, 1.82) is 5.26 Å². The van der Waals surface area contributed by atoms with Crippen LogP contribution in [0, 0.1) is 11.3 Å². The maximum absolute atomic E-state index is 12.0. The van der Waals surface area contributed by atoms with E-state index in [1.165, 1.54) is 0 Å². The second-order valence-corrected chi connectivity index (χ2v) is 6.01. The molecule has 0 radical (unpaired) electrons. The lowest BCUT2D eigenvalue weighted by Crippen LogP contribution is -2.29. The molecule has 2 fully saturated rings. The Morgan fingerprint density at radius 3 is 2.91 bits per heavy atom. The highest BCUT2D eigenvalue weighted by molar-refractivity contribution is 5.86. The number of nitriles is 1. The second kappa shape index (κ2) is 4.99. The van der Waals surface area contributed by atoms with E-state index in [4.69, 9.17) is 0 Å². The first-order chi connectivity index (χ1) is 10.7. The van der Waals surface area contributed by atoms with Crippen molar-refractivity contribution in [2.45, 2.75) is 31.3 Å². The summed E-state index contributed by atoms with van der Waals surface area (Å²) >= 11 is 0. The van der Waals surface area contributed by atoms with E-state index in [1.807, 2.05) is 29.2 Å². The number of carbonyl (C=O) groups excluding carboxylic acids is 1. The highest BCUT2D eigenvalue weighted by atomic mass is 16.2. The van der Waals surface area contributed by atoms with E-state index in [-0.39, 0.29) is 11.9 Å². The molecule has 0 unspecified atom stereocenters. The van der Waals surface area contributed by atoms with Crippen LogP contribution in [-0.2, 0) is 4.79 Å². The van der Waals surface area contributed by atoms with Gasteiger partial charge in [-0.2, -0.15) is 5.26 Å². The normalized spacial score (nSPS) is 21.1. The van der Waals surface area contributed by atoms with E-state index < -0.39 is 0 Å². The Labute approximate surface area is 128 Å². The molecule has 0 spiro atoms. The van der Waals surface area contributed by atoms with Crippen LogP contribution >= 0.6 is 0 Å². The molecule has 1 aliphatic carbocycles. The lowest BCUT2D eigenvalue weighted by Gasteiger charge is -2.16. The summed E-state index contributed by atoms with van der Waals surface area (Å²) in [5, 5.41) is 13.5. The van der Waals surface area contributed by atoms with Crippen LogP contribution in [0.3, 0.4) is 0 Å². The maximum atomic E-state index is 12.0. The fourth-order valence-electron chi connectivity index (χ4n) is 3.12. The summed E-state index contributed by atoms with van der Waals surface area (Å²) in [6.45, 7) is 0.736. The Morgan fingerprint density at radius 2 is 2.14 bits per heavy atom. The van der Waals surface area contributed by atoms with Crippen molar-refractivity contribution in [2.24, 2.45) is 0 Å². The number of aromatic nitrogens is 1. The molecular weight excluding hydrogens is 276 g/mol. The number of amides is 1. The zero-order valence-electron chi connectivity index (χ0n) is 12.1. The molecule has 2 aliphatic rings.